The fourth-order valence-electron chi connectivity index (χ4n) is 1.21. The number of nitrogens with zero attached hydrogens (tertiary/aromatic N) is 1. The molecule has 12 heavy (non-hydrogen) atoms. The summed E-state index contributed by atoms with van der Waals surface area (Å²) in [6.07, 6.45) is 1.98. The molecule has 1 atom stereocenters. The molecule has 0 aliphatic carbocycles. The van der Waals surface area contributed by atoms with Crippen LogP contribution in [0.2, 0.25) is 0 Å². The van der Waals surface area contributed by atoms with E-state index in [4.69, 9.17) is 4.84 Å². The van der Waals surface area contributed by atoms with E-state index in [1.165, 1.54) is 5.71 Å². The van der Waals surface area contributed by atoms with Gasteiger partial charge in [0.15, 0.2) is 0 Å². The van der Waals surface area contributed by atoms with Crippen LogP contribution in [0.4, 0.5) is 0 Å². The molecule has 1 aliphatic heterocycles. The van der Waals surface area contributed by atoms with Gasteiger partial charge in [0.05, 0.1) is 5.71 Å². The highest BCUT2D eigenvalue weighted by atomic mass is 16.7. The lowest BCUT2D eigenvalue weighted by Crippen LogP contribution is -2.39. The Labute approximate surface area is 75.0 Å². The van der Waals surface area contributed by atoms with Gasteiger partial charge in [-0.1, -0.05) is 32.9 Å². The second-order valence-electron chi connectivity index (χ2n) is 4.76. The Hall–Kier alpha value is -0.530. The first kappa shape index (κ1) is 9.56. The van der Waals surface area contributed by atoms with E-state index in [-0.39, 0.29) is 11.0 Å². The summed E-state index contributed by atoms with van der Waals surface area (Å²) in [5.74, 6) is 0. The number of hydrogen-bond acceptors (Lipinski definition) is 2. The maximum absolute atomic E-state index is 5.50. The van der Waals surface area contributed by atoms with Crippen molar-refractivity contribution in [3.05, 3.63) is 0 Å². The molecular formula is C10H19NO. The van der Waals surface area contributed by atoms with Crippen molar-refractivity contribution in [1.82, 2.24) is 0 Å². The highest BCUT2D eigenvalue weighted by Gasteiger charge is 2.44. The van der Waals surface area contributed by atoms with Gasteiger partial charge in [0, 0.05) is 11.8 Å². The van der Waals surface area contributed by atoms with Crippen molar-refractivity contribution in [3.8, 4) is 0 Å². The Morgan fingerprint density at radius 2 is 2.08 bits per heavy atom. The number of hydrogen-bond donors (Lipinski definition) is 0. The van der Waals surface area contributed by atoms with Gasteiger partial charge in [0.25, 0.3) is 0 Å². The predicted molar refractivity (Wildman–Crippen MR) is 51.3 cm³/mol. The summed E-state index contributed by atoms with van der Waals surface area (Å²) < 4.78 is 0. The third-order valence-electron chi connectivity index (χ3n) is 2.91. The van der Waals surface area contributed by atoms with Crippen LogP contribution in [0.3, 0.4) is 0 Å². The minimum atomic E-state index is -0.0989. The summed E-state index contributed by atoms with van der Waals surface area (Å²) in [6.45, 7) is 10.8. The van der Waals surface area contributed by atoms with E-state index < -0.39 is 0 Å². The van der Waals surface area contributed by atoms with Gasteiger partial charge < -0.3 is 4.84 Å². The normalized spacial score (nSPS) is 29.9. The van der Waals surface area contributed by atoms with E-state index in [2.05, 4.69) is 39.8 Å². The van der Waals surface area contributed by atoms with Crippen LogP contribution in [-0.4, -0.2) is 11.3 Å². The van der Waals surface area contributed by atoms with Crippen molar-refractivity contribution in [2.45, 2.75) is 53.1 Å². The highest BCUT2D eigenvalue weighted by Crippen LogP contribution is 2.40. The molecule has 0 amide bonds. The molecule has 2 heteroatoms. The Bertz CT molecular complexity index is 202. The van der Waals surface area contributed by atoms with Crippen molar-refractivity contribution < 1.29 is 4.84 Å². The fourth-order valence-corrected chi connectivity index (χ4v) is 1.21. The third-order valence-corrected chi connectivity index (χ3v) is 2.91. The molecule has 70 valence electrons. The molecule has 1 unspecified atom stereocenters. The van der Waals surface area contributed by atoms with Gasteiger partial charge in [-0.15, -0.1) is 0 Å². The molecule has 2 nitrogen and oxygen atoms in total. The first-order valence-electron chi connectivity index (χ1n) is 4.63. The maximum Gasteiger partial charge on any atom is 0.145 e. The van der Waals surface area contributed by atoms with Crippen molar-refractivity contribution in [2.24, 2.45) is 10.6 Å². The Morgan fingerprint density at radius 3 is 2.33 bits per heavy atom. The summed E-state index contributed by atoms with van der Waals surface area (Å²) in [5, 5.41) is 4.09. The zero-order valence-corrected chi connectivity index (χ0v) is 8.77. The van der Waals surface area contributed by atoms with E-state index in [1.807, 2.05) is 0 Å². The molecule has 0 radical (unpaired) electrons. The molecule has 0 bridgehead atoms. The van der Waals surface area contributed by atoms with Crippen LogP contribution in [-0.2, 0) is 4.84 Å². The lowest BCUT2D eigenvalue weighted by atomic mass is 9.75. The largest absolute Gasteiger partial charge is 0.389 e. The van der Waals surface area contributed by atoms with Crippen LogP contribution in [0.15, 0.2) is 5.16 Å². The second kappa shape index (κ2) is 2.75. The van der Waals surface area contributed by atoms with Crippen LogP contribution in [0, 0.1) is 5.41 Å². The molecule has 0 aromatic carbocycles. The van der Waals surface area contributed by atoms with Crippen LogP contribution in [0.1, 0.15) is 47.5 Å². The van der Waals surface area contributed by atoms with Crippen LogP contribution in [0.25, 0.3) is 0 Å². The molecular weight excluding hydrogens is 150 g/mol. The van der Waals surface area contributed by atoms with E-state index in [0.29, 0.717) is 0 Å². The summed E-state index contributed by atoms with van der Waals surface area (Å²) in [4.78, 5) is 5.50. The number of rotatable bonds is 1. The molecule has 1 rings (SSSR count). The average Bonchev–Trinajstić information content (AvgIpc) is 2.31. The van der Waals surface area contributed by atoms with Gasteiger partial charge in [-0.05, 0) is 13.3 Å². The Kier molecular flexibility index (Phi) is 2.19. The smallest absolute Gasteiger partial charge is 0.145 e. The summed E-state index contributed by atoms with van der Waals surface area (Å²) >= 11 is 0. The molecule has 1 aliphatic rings. The molecule has 0 fully saturated rings. The van der Waals surface area contributed by atoms with Gasteiger partial charge in [-0.2, -0.15) is 0 Å². The SMILES string of the molecule is CCC1=NOC(C)(C(C)(C)C)C1. The highest BCUT2D eigenvalue weighted by molar-refractivity contribution is 5.85. The van der Waals surface area contributed by atoms with Gasteiger partial charge in [0.1, 0.15) is 5.60 Å². The lowest BCUT2D eigenvalue weighted by molar-refractivity contribution is -0.0810. The summed E-state index contributed by atoms with van der Waals surface area (Å²) in [7, 11) is 0. The lowest BCUT2D eigenvalue weighted by Gasteiger charge is -2.35. The van der Waals surface area contributed by atoms with Gasteiger partial charge in [-0.3, -0.25) is 0 Å². The molecule has 0 N–H and O–H groups in total. The summed E-state index contributed by atoms with van der Waals surface area (Å²) in [6, 6.07) is 0. The van der Waals surface area contributed by atoms with Crippen molar-refractivity contribution in [2.75, 3.05) is 0 Å². The zero-order chi connectivity index (χ0) is 9.41. The summed E-state index contributed by atoms with van der Waals surface area (Å²) in [5.41, 5.74) is 1.25. The van der Waals surface area contributed by atoms with E-state index >= 15 is 0 Å². The molecule has 1 heterocycles. The van der Waals surface area contributed by atoms with Crippen LogP contribution >= 0.6 is 0 Å². The second-order valence-corrected chi connectivity index (χ2v) is 4.76. The van der Waals surface area contributed by atoms with E-state index in [0.717, 1.165) is 12.8 Å². The molecule has 0 saturated carbocycles. The number of oxime groups is 1. The van der Waals surface area contributed by atoms with Gasteiger partial charge >= 0.3 is 0 Å². The average molecular weight is 169 g/mol. The fraction of sp³-hybridized carbons (Fsp3) is 0.900. The van der Waals surface area contributed by atoms with Gasteiger partial charge in [-0.25, -0.2) is 0 Å². The van der Waals surface area contributed by atoms with E-state index in [9.17, 15) is 0 Å². The topological polar surface area (TPSA) is 21.6 Å². The third kappa shape index (κ3) is 1.47. The maximum atomic E-state index is 5.50. The van der Waals surface area contributed by atoms with Crippen molar-refractivity contribution in [3.63, 3.8) is 0 Å². The molecule has 0 saturated heterocycles. The standard InChI is InChI=1S/C10H19NO/c1-6-8-7-10(5,12-11-8)9(2,3)4/h6-7H2,1-5H3. The minimum absolute atomic E-state index is 0.0989. The van der Waals surface area contributed by atoms with Crippen LogP contribution < -0.4 is 0 Å². The first-order valence-corrected chi connectivity index (χ1v) is 4.63. The van der Waals surface area contributed by atoms with Gasteiger partial charge in [0.2, 0.25) is 0 Å². The van der Waals surface area contributed by atoms with Crippen LogP contribution in [0.5, 0.6) is 0 Å². The van der Waals surface area contributed by atoms with Crippen molar-refractivity contribution >= 4 is 5.71 Å². The molecule has 0 spiro atoms. The Morgan fingerprint density at radius 1 is 1.50 bits per heavy atom. The van der Waals surface area contributed by atoms with E-state index in [1.54, 1.807) is 0 Å². The molecule has 0 aromatic heterocycles. The Balaban J connectivity index is 2.70. The quantitative estimate of drug-likeness (QED) is 0.591. The molecule has 0 aromatic rings. The predicted octanol–water partition coefficient (Wildman–Crippen LogP) is 2.98. The first-order chi connectivity index (χ1) is 5.39. The zero-order valence-electron chi connectivity index (χ0n) is 8.77. The monoisotopic (exact) mass is 169 g/mol. The van der Waals surface area contributed by atoms with Crippen molar-refractivity contribution in [1.29, 1.82) is 0 Å². The minimum Gasteiger partial charge on any atom is -0.389 e.